The first-order valence-electron chi connectivity index (χ1n) is 9.12. The molecule has 2 saturated heterocycles. The van der Waals surface area contributed by atoms with E-state index < -0.39 is 10.0 Å². The van der Waals surface area contributed by atoms with Gasteiger partial charge in [0.2, 0.25) is 10.0 Å². The predicted octanol–water partition coefficient (Wildman–Crippen LogP) is 1.73. The molecule has 7 heteroatoms. The second kappa shape index (κ2) is 7.85. The van der Waals surface area contributed by atoms with Gasteiger partial charge in [-0.05, 0) is 63.4 Å². The molecule has 0 saturated carbocycles. The van der Waals surface area contributed by atoms with E-state index in [0.717, 1.165) is 38.6 Å². The average molecular weight is 365 g/mol. The second-order valence-corrected chi connectivity index (χ2v) is 8.88. The van der Waals surface area contributed by atoms with E-state index in [4.69, 9.17) is 0 Å². The van der Waals surface area contributed by atoms with Crippen LogP contribution in [0.1, 0.15) is 49.4 Å². The van der Waals surface area contributed by atoms with Crippen LogP contribution in [0.2, 0.25) is 0 Å². The molecular weight excluding hydrogens is 338 g/mol. The molecule has 0 aromatic heterocycles. The summed E-state index contributed by atoms with van der Waals surface area (Å²) in [6, 6.07) is 6.64. The van der Waals surface area contributed by atoms with Crippen molar-refractivity contribution in [3.63, 3.8) is 0 Å². The number of carbonyl (C=O) groups is 1. The standard InChI is InChI=1S/C18H27N3O3S/c1-14-5-2-3-12-21(14)25(23,24)17-9-7-15(8-10-17)18(22)20-13-16-6-4-11-19-16/h7-10,14,16,19H,2-6,11-13H2,1H3,(H,20,22). The quantitative estimate of drug-likeness (QED) is 0.833. The first kappa shape index (κ1) is 18.4. The summed E-state index contributed by atoms with van der Waals surface area (Å²) in [4.78, 5) is 12.5. The minimum absolute atomic E-state index is 0.0284. The maximum Gasteiger partial charge on any atom is 0.251 e. The molecule has 0 bridgehead atoms. The van der Waals surface area contributed by atoms with Crippen molar-refractivity contribution in [3.05, 3.63) is 29.8 Å². The number of amides is 1. The Balaban J connectivity index is 1.65. The third-order valence-electron chi connectivity index (χ3n) is 5.14. The van der Waals surface area contributed by atoms with Crippen molar-refractivity contribution < 1.29 is 13.2 Å². The summed E-state index contributed by atoms with van der Waals surface area (Å²) in [5.74, 6) is -0.163. The van der Waals surface area contributed by atoms with Crippen LogP contribution in [0.3, 0.4) is 0 Å². The number of hydrogen-bond acceptors (Lipinski definition) is 4. The number of carbonyl (C=O) groups excluding carboxylic acids is 1. The average Bonchev–Trinajstić information content (AvgIpc) is 3.13. The molecule has 1 aromatic carbocycles. The van der Waals surface area contributed by atoms with Gasteiger partial charge < -0.3 is 10.6 Å². The lowest BCUT2D eigenvalue weighted by atomic mass is 10.1. The fourth-order valence-corrected chi connectivity index (χ4v) is 5.29. The summed E-state index contributed by atoms with van der Waals surface area (Å²) >= 11 is 0. The molecule has 0 spiro atoms. The molecule has 2 heterocycles. The molecule has 1 aromatic rings. The first-order valence-corrected chi connectivity index (χ1v) is 10.6. The van der Waals surface area contributed by atoms with Gasteiger partial charge in [0.15, 0.2) is 0 Å². The lowest BCUT2D eigenvalue weighted by Crippen LogP contribution is -2.41. The summed E-state index contributed by atoms with van der Waals surface area (Å²) in [5, 5.41) is 6.24. The Labute approximate surface area is 150 Å². The summed E-state index contributed by atoms with van der Waals surface area (Å²) < 4.78 is 27.2. The second-order valence-electron chi connectivity index (χ2n) is 6.99. The van der Waals surface area contributed by atoms with Crippen LogP contribution in [0.4, 0.5) is 0 Å². The highest BCUT2D eigenvalue weighted by Gasteiger charge is 2.30. The molecule has 2 unspecified atom stereocenters. The van der Waals surface area contributed by atoms with Crippen LogP contribution in [0.5, 0.6) is 0 Å². The van der Waals surface area contributed by atoms with Gasteiger partial charge >= 0.3 is 0 Å². The van der Waals surface area contributed by atoms with Crippen molar-refractivity contribution in [3.8, 4) is 0 Å². The van der Waals surface area contributed by atoms with Crippen LogP contribution in [0.25, 0.3) is 0 Å². The van der Waals surface area contributed by atoms with Gasteiger partial charge in [-0.1, -0.05) is 6.42 Å². The summed E-state index contributed by atoms with van der Waals surface area (Å²) in [6.07, 6.45) is 5.09. The third-order valence-corrected chi connectivity index (χ3v) is 7.16. The van der Waals surface area contributed by atoms with Gasteiger partial charge in [-0.25, -0.2) is 8.42 Å². The van der Waals surface area contributed by atoms with E-state index in [1.54, 1.807) is 28.6 Å². The predicted molar refractivity (Wildman–Crippen MR) is 97.0 cm³/mol. The van der Waals surface area contributed by atoms with Crippen LogP contribution in [0.15, 0.2) is 29.2 Å². The van der Waals surface area contributed by atoms with Crippen molar-refractivity contribution in [2.75, 3.05) is 19.6 Å². The van der Waals surface area contributed by atoms with Gasteiger partial charge in [-0.15, -0.1) is 0 Å². The molecule has 138 valence electrons. The fraction of sp³-hybridized carbons (Fsp3) is 0.611. The molecule has 1 amide bonds. The molecule has 2 N–H and O–H groups in total. The lowest BCUT2D eigenvalue weighted by Gasteiger charge is -2.32. The number of piperidine rings is 1. The molecule has 2 atom stereocenters. The van der Waals surface area contributed by atoms with Crippen molar-refractivity contribution in [2.45, 2.75) is 56.0 Å². The highest BCUT2D eigenvalue weighted by molar-refractivity contribution is 7.89. The van der Waals surface area contributed by atoms with E-state index >= 15 is 0 Å². The molecule has 3 rings (SSSR count). The maximum atomic E-state index is 12.8. The van der Waals surface area contributed by atoms with Crippen LogP contribution in [-0.4, -0.2) is 50.3 Å². The number of hydrogen-bond donors (Lipinski definition) is 2. The maximum absolute atomic E-state index is 12.8. The Hall–Kier alpha value is -1.44. The normalized spacial score (nSPS) is 25.0. The van der Waals surface area contributed by atoms with Crippen LogP contribution < -0.4 is 10.6 Å². The third kappa shape index (κ3) is 4.22. The molecule has 25 heavy (non-hydrogen) atoms. The Morgan fingerprint density at radius 3 is 2.60 bits per heavy atom. The SMILES string of the molecule is CC1CCCCN1S(=O)(=O)c1ccc(C(=O)NCC2CCCN2)cc1. The number of nitrogens with one attached hydrogen (secondary N) is 2. The highest BCUT2D eigenvalue weighted by Crippen LogP contribution is 2.25. The molecule has 2 aliphatic rings. The zero-order valence-corrected chi connectivity index (χ0v) is 15.5. The Kier molecular flexibility index (Phi) is 5.76. The number of benzene rings is 1. The molecule has 2 aliphatic heterocycles. The van der Waals surface area contributed by atoms with Crippen molar-refractivity contribution in [2.24, 2.45) is 0 Å². The van der Waals surface area contributed by atoms with Crippen molar-refractivity contribution in [1.82, 2.24) is 14.9 Å². The molecule has 0 radical (unpaired) electrons. The molecule has 2 fully saturated rings. The minimum atomic E-state index is -3.49. The van der Waals surface area contributed by atoms with E-state index in [1.807, 2.05) is 6.92 Å². The zero-order chi connectivity index (χ0) is 17.9. The smallest absolute Gasteiger partial charge is 0.251 e. The van der Waals surface area contributed by atoms with E-state index in [1.165, 1.54) is 0 Å². The molecule has 6 nitrogen and oxygen atoms in total. The number of rotatable bonds is 5. The Morgan fingerprint density at radius 1 is 1.20 bits per heavy atom. The van der Waals surface area contributed by atoms with Crippen LogP contribution >= 0.6 is 0 Å². The topological polar surface area (TPSA) is 78.5 Å². The van der Waals surface area contributed by atoms with Crippen molar-refractivity contribution in [1.29, 1.82) is 0 Å². The van der Waals surface area contributed by atoms with Gasteiger partial charge in [0, 0.05) is 30.7 Å². The van der Waals surface area contributed by atoms with E-state index in [9.17, 15) is 13.2 Å². The molecular formula is C18H27N3O3S. The Bertz CT molecular complexity index is 697. The zero-order valence-electron chi connectivity index (χ0n) is 14.7. The van der Waals surface area contributed by atoms with Gasteiger partial charge in [0.1, 0.15) is 0 Å². The number of sulfonamides is 1. The van der Waals surface area contributed by atoms with Crippen molar-refractivity contribution >= 4 is 15.9 Å². The van der Waals surface area contributed by atoms with E-state index in [0.29, 0.717) is 24.7 Å². The van der Waals surface area contributed by atoms with Gasteiger partial charge in [-0.3, -0.25) is 4.79 Å². The van der Waals surface area contributed by atoms with Crippen LogP contribution in [-0.2, 0) is 10.0 Å². The Morgan fingerprint density at radius 2 is 1.96 bits per heavy atom. The summed E-state index contributed by atoms with van der Waals surface area (Å²) in [7, 11) is -3.49. The largest absolute Gasteiger partial charge is 0.350 e. The fourth-order valence-electron chi connectivity index (χ4n) is 3.59. The van der Waals surface area contributed by atoms with E-state index in [-0.39, 0.29) is 16.8 Å². The lowest BCUT2D eigenvalue weighted by molar-refractivity contribution is 0.0950. The minimum Gasteiger partial charge on any atom is -0.350 e. The first-order chi connectivity index (χ1) is 12.0. The number of nitrogens with zero attached hydrogens (tertiary/aromatic N) is 1. The monoisotopic (exact) mass is 365 g/mol. The summed E-state index contributed by atoms with van der Waals surface area (Å²) in [6.45, 7) is 4.13. The molecule has 0 aliphatic carbocycles. The highest BCUT2D eigenvalue weighted by atomic mass is 32.2. The van der Waals surface area contributed by atoms with Crippen LogP contribution in [0, 0.1) is 0 Å². The van der Waals surface area contributed by atoms with E-state index in [2.05, 4.69) is 10.6 Å². The van der Waals surface area contributed by atoms with Gasteiger partial charge in [0.05, 0.1) is 4.90 Å². The van der Waals surface area contributed by atoms with Gasteiger partial charge in [-0.2, -0.15) is 4.31 Å². The summed E-state index contributed by atoms with van der Waals surface area (Å²) in [5.41, 5.74) is 0.489. The van der Waals surface area contributed by atoms with Gasteiger partial charge in [0.25, 0.3) is 5.91 Å².